The molecule has 0 radical (unpaired) electrons. The van der Waals surface area contributed by atoms with E-state index in [0.717, 1.165) is 18.4 Å². The Labute approximate surface area is 212 Å². The predicted molar refractivity (Wildman–Crippen MR) is 141 cm³/mol. The number of hydrogen-bond donors (Lipinski definition) is 3. The molecular weight excluding hydrogens is 470 g/mol. The SMILES string of the molecule is CCC(Oc1ccc(C(C)(C)CC)cc1C(C)(C)CC)C(=O)Nc1cc(Cl)c(N)c([N+](=O)[O-])c1O. The third-order valence-electron chi connectivity index (χ3n) is 6.89. The lowest BCUT2D eigenvalue weighted by atomic mass is 9.76. The number of benzene rings is 2. The number of hydrogen-bond acceptors (Lipinski definition) is 6. The predicted octanol–water partition coefficient (Wildman–Crippen LogP) is 6.71. The number of carbonyl (C=O) groups is 1. The zero-order valence-electron chi connectivity index (χ0n) is 21.5. The van der Waals surface area contributed by atoms with Crippen LogP contribution in [-0.2, 0) is 15.6 Å². The Morgan fingerprint density at radius 1 is 1.17 bits per heavy atom. The lowest BCUT2D eigenvalue weighted by Gasteiger charge is -2.31. The Bertz CT molecular complexity index is 1110. The number of ether oxygens (including phenoxy) is 1. The maximum Gasteiger partial charge on any atom is 0.337 e. The minimum atomic E-state index is -0.916. The molecule has 0 aliphatic carbocycles. The summed E-state index contributed by atoms with van der Waals surface area (Å²) in [6, 6.07) is 7.25. The molecule has 2 aromatic carbocycles. The topological polar surface area (TPSA) is 128 Å². The van der Waals surface area contributed by atoms with Gasteiger partial charge in [-0.25, -0.2) is 0 Å². The molecule has 2 aromatic rings. The summed E-state index contributed by atoms with van der Waals surface area (Å²) >= 11 is 5.99. The normalized spacial score (nSPS) is 12.8. The second-order valence-corrected chi connectivity index (χ2v) is 10.4. The molecule has 0 aliphatic heterocycles. The first-order chi connectivity index (χ1) is 16.2. The number of nitrogens with zero attached hydrogens (tertiary/aromatic N) is 1. The first-order valence-electron chi connectivity index (χ1n) is 11.8. The van der Waals surface area contributed by atoms with Gasteiger partial charge in [-0.1, -0.05) is 72.2 Å². The summed E-state index contributed by atoms with van der Waals surface area (Å²) in [5.74, 6) is -0.741. The van der Waals surface area contributed by atoms with E-state index in [-0.39, 0.29) is 27.2 Å². The van der Waals surface area contributed by atoms with Crippen LogP contribution in [0.2, 0.25) is 5.02 Å². The third-order valence-corrected chi connectivity index (χ3v) is 7.21. The molecule has 0 saturated heterocycles. The summed E-state index contributed by atoms with van der Waals surface area (Å²) in [5, 5.41) is 24.0. The van der Waals surface area contributed by atoms with Gasteiger partial charge in [0.2, 0.25) is 5.75 Å². The number of phenols is 1. The molecular formula is C26H36ClN3O5. The van der Waals surface area contributed by atoms with Crippen LogP contribution in [0.4, 0.5) is 17.1 Å². The van der Waals surface area contributed by atoms with E-state index in [4.69, 9.17) is 22.1 Å². The summed E-state index contributed by atoms with van der Waals surface area (Å²) in [4.78, 5) is 23.6. The summed E-state index contributed by atoms with van der Waals surface area (Å²) in [6.07, 6.45) is 1.25. The molecule has 0 fully saturated rings. The lowest BCUT2D eigenvalue weighted by molar-refractivity contribution is -0.384. The van der Waals surface area contributed by atoms with Crippen molar-refractivity contribution in [3.8, 4) is 11.5 Å². The highest BCUT2D eigenvalue weighted by Crippen LogP contribution is 2.43. The molecule has 1 amide bonds. The number of nitro groups is 1. The van der Waals surface area contributed by atoms with Crippen molar-refractivity contribution in [3.63, 3.8) is 0 Å². The van der Waals surface area contributed by atoms with Gasteiger partial charge in [-0.05, 0) is 47.8 Å². The number of carbonyl (C=O) groups excluding carboxylic acids is 1. The third kappa shape index (κ3) is 5.99. The summed E-state index contributed by atoms with van der Waals surface area (Å²) < 4.78 is 6.20. The maximum atomic E-state index is 13.1. The molecule has 0 saturated carbocycles. The van der Waals surface area contributed by atoms with E-state index in [1.54, 1.807) is 6.92 Å². The Balaban J connectivity index is 2.44. The van der Waals surface area contributed by atoms with Gasteiger partial charge in [-0.3, -0.25) is 14.9 Å². The molecule has 9 heteroatoms. The number of anilines is 2. The maximum absolute atomic E-state index is 13.1. The second kappa shape index (κ2) is 10.7. The molecule has 192 valence electrons. The second-order valence-electron chi connectivity index (χ2n) is 9.96. The fourth-order valence-corrected chi connectivity index (χ4v) is 3.79. The van der Waals surface area contributed by atoms with Crippen LogP contribution in [0, 0.1) is 10.1 Å². The van der Waals surface area contributed by atoms with E-state index < -0.39 is 28.4 Å². The Hall–Kier alpha value is -3.00. The molecule has 0 heterocycles. The van der Waals surface area contributed by atoms with Crippen molar-refractivity contribution in [1.29, 1.82) is 0 Å². The van der Waals surface area contributed by atoms with Crippen LogP contribution in [-0.4, -0.2) is 22.0 Å². The first-order valence-corrected chi connectivity index (χ1v) is 12.2. The highest BCUT2D eigenvalue weighted by atomic mass is 35.5. The smallest absolute Gasteiger partial charge is 0.337 e. The van der Waals surface area contributed by atoms with Crippen molar-refractivity contribution >= 4 is 34.6 Å². The van der Waals surface area contributed by atoms with Crippen LogP contribution >= 0.6 is 11.6 Å². The van der Waals surface area contributed by atoms with Gasteiger partial charge < -0.3 is 20.9 Å². The van der Waals surface area contributed by atoms with Crippen LogP contribution < -0.4 is 15.8 Å². The first kappa shape index (κ1) is 28.2. The van der Waals surface area contributed by atoms with Gasteiger partial charge in [0.1, 0.15) is 11.4 Å². The molecule has 1 unspecified atom stereocenters. The van der Waals surface area contributed by atoms with E-state index in [0.29, 0.717) is 12.2 Å². The van der Waals surface area contributed by atoms with Crippen LogP contribution in [0.1, 0.15) is 78.9 Å². The van der Waals surface area contributed by atoms with Crippen LogP contribution in [0.5, 0.6) is 11.5 Å². The van der Waals surface area contributed by atoms with Gasteiger partial charge >= 0.3 is 5.69 Å². The molecule has 2 rings (SSSR count). The van der Waals surface area contributed by atoms with Crippen molar-refractivity contribution in [3.05, 3.63) is 50.5 Å². The lowest BCUT2D eigenvalue weighted by Crippen LogP contribution is -2.33. The van der Waals surface area contributed by atoms with E-state index in [9.17, 15) is 20.0 Å². The molecule has 4 N–H and O–H groups in total. The van der Waals surface area contributed by atoms with Crippen LogP contribution in [0.25, 0.3) is 0 Å². The van der Waals surface area contributed by atoms with Crippen molar-refractivity contribution in [1.82, 2.24) is 0 Å². The van der Waals surface area contributed by atoms with E-state index in [2.05, 4.69) is 52.9 Å². The molecule has 0 bridgehead atoms. The van der Waals surface area contributed by atoms with Gasteiger partial charge in [-0.15, -0.1) is 0 Å². The molecule has 1 atom stereocenters. The van der Waals surface area contributed by atoms with Gasteiger partial charge in [0, 0.05) is 5.56 Å². The van der Waals surface area contributed by atoms with E-state index in [1.165, 1.54) is 11.6 Å². The molecule has 0 aliphatic rings. The zero-order valence-corrected chi connectivity index (χ0v) is 22.2. The fourth-order valence-electron chi connectivity index (χ4n) is 3.59. The fraction of sp³-hybridized carbons (Fsp3) is 0.500. The Morgan fingerprint density at radius 3 is 2.29 bits per heavy atom. The average molecular weight is 506 g/mol. The number of nitrogens with one attached hydrogen (secondary N) is 1. The van der Waals surface area contributed by atoms with Crippen molar-refractivity contribution < 1.29 is 19.6 Å². The van der Waals surface area contributed by atoms with Crippen molar-refractivity contribution in [2.75, 3.05) is 11.1 Å². The van der Waals surface area contributed by atoms with Crippen LogP contribution in [0.3, 0.4) is 0 Å². The number of nitrogen functional groups attached to an aromatic ring is 1. The van der Waals surface area contributed by atoms with Crippen LogP contribution in [0.15, 0.2) is 24.3 Å². The minimum absolute atomic E-state index is 0.0146. The number of rotatable bonds is 10. The number of nitrogens with two attached hydrogens (primary N) is 1. The van der Waals surface area contributed by atoms with Gasteiger partial charge in [0.15, 0.2) is 6.10 Å². The number of phenolic OH excluding ortho intramolecular Hbond substituents is 1. The summed E-state index contributed by atoms with van der Waals surface area (Å²) in [6.45, 7) is 14.7. The van der Waals surface area contributed by atoms with E-state index in [1.807, 2.05) is 12.1 Å². The van der Waals surface area contributed by atoms with Gasteiger partial charge in [-0.2, -0.15) is 0 Å². The largest absolute Gasteiger partial charge is 0.501 e. The quantitative estimate of drug-likeness (QED) is 0.142. The molecule has 8 nitrogen and oxygen atoms in total. The summed E-state index contributed by atoms with van der Waals surface area (Å²) in [5.41, 5.74) is 6.25. The highest BCUT2D eigenvalue weighted by molar-refractivity contribution is 6.34. The number of nitro benzene ring substituents is 1. The van der Waals surface area contributed by atoms with Gasteiger partial charge in [0.25, 0.3) is 5.91 Å². The molecule has 35 heavy (non-hydrogen) atoms. The number of amides is 1. The average Bonchev–Trinajstić information content (AvgIpc) is 2.80. The minimum Gasteiger partial charge on any atom is -0.501 e. The summed E-state index contributed by atoms with van der Waals surface area (Å²) in [7, 11) is 0. The number of aromatic hydroxyl groups is 1. The molecule has 0 spiro atoms. The highest BCUT2D eigenvalue weighted by Gasteiger charge is 2.30. The zero-order chi connectivity index (χ0) is 26.7. The van der Waals surface area contributed by atoms with E-state index >= 15 is 0 Å². The monoisotopic (exact) mass is 505 g/mol. The van der Waals surface area contributed by atoms with Gasteiger partial charge in [0.05, 0.1) is 15.6 Å². The van der Waals surface area contributed by atoms with Crippen molar-refractivity contribution in [2.45, 2.75) is 84.7 Å². The van der Waals surface area contributed by atoms with Crippen molar-refractivity contribution in [2.24, 2.45) is 0 Å². The number of halogens is 1. The standard InChI is InChI=1S/C26H36ClN3O5/c1-8-19(24(32)29-18-14-17(27)21(28)22(23(18)31)30(33)34)35-20-12-11-15(25(4,5)9-2)13-16(20)26(6,7)10-3/h11-14,19,31H,8-10,28H2,1-7H3,(H,29,32). The Morgan fingerprint density at radius 2 is 1.77 bits per heavy atom. The molecule has 0 aromatic heterocycles. The Kier molecular flexibility index (Phi) is 8.65.